The Balaban J connectivity index is -0.00000140. The molecule has 0 saturated heterocycles. The molecule has 0 aliphatic carbocycles. The Bertz CT molecular complexity index is 528. The Kier molecular flexibility index (Phi) is 32.0. The summed E-state index contributed by atoms with van der Waals surface area (Å²) in [6.45, 7) is 5.38. The number of rotatable bonds is 21. The van der Waals surface area contributed by atoms with Crippen LogP contribution in [0, 0.1) is 0 Å². The van der Waals surface area contributed by atoms with Crippen molar-refractivity contribution in [1.82, 2.24) is 5.32 Å². The van der Waals surface area contributed by atoms with Gasteiger partial charge in [-0.1, -0.05) is 105 Å². The normalized spacial score (nSPS) is 11.2. The first-order valence-electron chi connectivity index (χ1n) is 12.0. The van der Waals surface area contributed by atoms with E-state index in [1.807, 2.05) is 0 Å². The zero-order chi connectivity index (χ0) is 22.7. The van der Waals surface area contributed by atoms with E-state index in [1.165, 1.54) is 89.9 Å². The fourth-order valence-corrected chi connectivity index (χ4v) is 5.48. The first-order chi connectivity index (χ1) is 14.2. The fourth-order valence-electron chi connectivity index (χ4n) is 3.58. The monoisotopic (exact) mass is 519 g/mol. The molecule has 0 aromatic carbocycles. The van der Waals surface area contributed by atoms with E-state index in [0.717, 1.165) is 11.5 Å². The molecule has 0 bridgehead atoms. The number of carbonyl (C=O) groups is 1. The molecule has 0 aromatic rings. The van der Waals surface area contributed by atoms with E-state index in [1.54, 1.807) is 25.6 Å². The van der Waals surface area contributed by atoms with E-state index < -0.39 is 21.4 Å². The minimum absolute atomic E-state index is 0. The molecule has 196 valence electrons. The van der Waals surface area contributed by atoms with Crippen molar-refractivity contribution in [2.24, 2.45) is 0 Å². The molecule has 0 aromatic heterocycles. The maximum absolute atomic E-state index is 11.9. The minimum atomic E-state index is -4.35. The fraction of sp³-hybridized carbons (Fsp3) is 0.960. The molecule has 0 heterocycles. The summed E-state index contributed by atoms with van der Waals surface area (Å²) in [6, 6.07) is 0. The topological polar surface area (TPSA) is 86.3 Å². The minimum Gasteiger partial charge on any atom is -0.748 e. The molecule has 1 N–H and O–H groups in total. The Morgan fingerprint density at radius 2 is 1.18 bits per heavy atom. The molecule has 0 rings (SSSR count). The van der Waals surface area contributed by atoms with Gasteiger partial charge in [-0.05, 0) is 26.0 Å². The maximum Gasteiger partial charge on any atom is 1.00 e. The standard InChI is InChI=1S/C23H47NO4S2.2CH4.Na/c1-4-5-6-7-8-9-10-11-12-13-14-15-16-17-19-29-20-18-22(25)24-23(2,3)21-30(26,27)28;;;/h4-21H2,1-3H3,(H,24,25)(H,26,27,28);2*1H4;/q;;;+1/p-1. The quantitative estimate of drug-likeness (QED) is 0.139. The van der Waals surface area contributed by atoms with Gasteiger partial charge in [-0.15, -0.1) is 0 Å². The first-order valence-corrected chi connectivity index (χ1v) is 14.7. The van der Waals surface area contributed by atoms with E-state index in [0.29, 0.717) is 6.42 Å². The number of hydrogen-bond donors (Lipinski definition) is 1. The largest absolute Gasteiger partial charge is 1.00 e. The first kappa shape index (κ1) is 40.9. The van der Waals surface area contributed by atoms with Crippen LogP contribution in [0.2, 0.25) is 0 Å². The van der Waals surface area contributed by atoms with Crippen molar-refractivity contribution in [3.63, 3.8) is 0 Å². The maximum atomic E-state index is 11.9. The third-order valence-electron chi connectivity index (χ3n) is 5.13. The van der Waals surface area contributed by atoms with E-state index in [-0.39, 0.29) is 50.3 Å². The predicted molar refractivity (Wildman–Crippen MR) is 143 cm³/mol. The molecule has 8 heteroatoms. The summed E-state index contributed by atoms with van der Waals surface area (Å²) in [6.07, 6.45) is 19.3. The summed E-state index contributed by atoms with van der Waals surface area (Å²) in [4.78, 5) is 11.9. The van der Waals surface area contributed by atoms with Crippen molar-refractivity contribution >= 4 is 27.8 Å². The van der Waals surface area contributed by atoms with Gasteiger partial charge in [-0.25, -0.2) is 8.42 Å². The smallest absolute Gasteiger partial charge is 0.748 e. The van der Waals surface area contributed by atoms with Crippen LogP contribution in [0.1, 0.15) is 132 Å². The molecule has 0 spiro atoms. The van der Waals surface area contributed by atoms with Crippen molar-refractivity contribution in [2.45, 2.75) is 137 Å². The summed E-state index contributed by atoms with van der Waals surface area (Å²) < 4.78 is 32.5. The van der Waals surface area contributed by atoms with Gasteiger partial charge in [-0.3, -0.25) is 4.79 Å². The van der Waals surface area contributed by atoms with Crippen LogP contribution in [0.25, 0.3) is 0 Å². The zero-order valence-corrected chi connectivity index (χ0v) is 24.3. The Labute approximate surface area is 233 Å². The molecular formula is C25H54NNaO4S2. The molecular weight excluding hydrogens is 465 g/mol. The number of hydrogen-bond acceptors (Lipinski definition) is 5. The van der Waals surface area contributed by atoms with Gasteiger partial charge in [0.2, 0.25) is 5.91 Å². The molecule has 5 nitrogen and oxygen atoms in total. The van der Waals surface area contributed by atoms with Crippen molar-refractivity contribution in [2.75, 3.05) is 17.3 Å². The van der Waals surface area contributed by atoms with Crippen LogP contribution in [0.5, 0.6) is 0 Å². The van der Waals surface area contributed by atoms with Gasteiger partial charge in [0.25, 0.3) is 0 Å². The number of amides is 1. The van der Waals surface area contributed by atoms with Gasteiger partial charge in [0.05, 0.1) is 15.9 Å². The Morgan fingerprint density at radius 3 is 1.58 bits per heavy atom. The van der Waals surface area contributed by atoms with E-state index in [2.05, 4.69) is 12.2 Å². The average molecular weight is 520 g/mol. The van der Waals surface area contributed by atoms with Gasteiger partial charge in [0, 0.05) is 17.7 Å². The molecule has 33 heavy (non-hydrogen) atoms. The van der Waals surface area contributed by atoms with Gasteiger partial charge in [0.1, 0.15) is 0 Å². The Morgan fingerprint density at radius 1 is 0.788 bits per heavy atom. The second-order valence-corrected chi connectivity index (χ2v) is 11.7. The second kappa shape index (κ2) is 25.8. The van der Waals surface area contributed by atoms with Crippen LogP contribution in [-0.4, -0.2) is 41.7 Å². The SMILES string of the molecule is C.C.CCCCCCCCCCCCCCCCSCCC(=O)NC(C)(C)CS(=O)(=O)[O-].[Na+]. The van der Waals surface area contributed by atoms with Crippen molar-refractivity contribution < 1.29 is 47.3 Å². The molecule has 1 amide bonds. The van der Waals surface area contributed by atoms with Gasteiger partial charge >= 0.3 is 29.6 Å². The molecule has 0 aliphatic rings. The van der Waals surface area contributed by atoms with Crippen molar-refractivity contribution in [3.8, 4) is 0 Å². The summed E-state index contributed by atoms with van der Waals surface area (Å²) in [5, 5.41) is 2.64. The third-order valence-corrected chi connectivity index (χ3v) is 7.28. The van der Waals surface area contributed by atoms with Gasteiger partial charge in [0.15, 0.2) is 0 Å². The molecule has 0 radical (unpaired) electrons. The summed E-state index contributed by atoms with van der Waals surface area (Å²) in [5.41, 5.74) is -1.02. The number of thioether (sulfide) groups is 1. The molecule has 0 aliphatic heterocycles. The van der Waals surface area contributed by atoms with Gasteiger partial charge in [-0.2, -0.15) is 11.8 Å². The van der Waals surface area contributed by atoms with Crippen LogP contribution in [-0.2, 0) is 14.9 Å². The number of unbranched alkanes of at least 4 members (excludes halogenated alkanes) is 13. The molecule has 0 fully saturated rings. The third kappa shape index (κ3) is 32.7. The summed E-state index contributed by atoms with van der Waals surface area (Å²) in [5.74, 6) is 1.00. The van der Waals surface area contributed by atoms with Crippen molar-refractivity contribution in [1.29, 1.82) is 0 Å². The van der Waals surface area contributed by atoms with Crippen LogP contribution < -0.4 is 34.9 Å². The summed E-state index contributed by atoms with van der Waals surface area (Å²) in [7, 11) is -4.35. The van der Waals surface area contributed by atoms with Crippen LogP contribution >= 0.6 is 11.8 Å². The number of carbonyl (C=O) groups excluding carboxylic acids is 1. The predicted octanol–water partition coefficient (Wildman–Crippen LogP) is 4.31. The second-order valence-electron chi connectivity index (χ2n) is 9.09. The Hall–Kier alpha value is 0.730. The molecule has 0 atom stereocenters. The van der Waals surface area contributed by atoms with E-state index in [9.17, 15) is 17.8 Å². The van der Waals surface area contributed by atoms with E-state index >= 15 is 0 Å². The average Bonchev–Trinajstić information content (AvgIpc) is 2.61. The zero-order valence-electron chi connectivity index (χ0n) is 20.7. The molecule has 0 unspecified atom stereocenters. The van der Waals surface area contributed by atoms with E-state index in [4.69, 9.17) is 0 Å². The van der Waals surface area contributed by atoms with Crippen LogP contribution in [0.4, 0.5) is 0 Å². The van der Waals surface area contributed by atoms with Crippen molar-refractivity contribution in [3.05, 3.63) is 0 Å². The van der Waals surface area contributed by atoms with Crippen LogP contribution in [0.15, 0.2) is 0 Å². The molecule has 0 saturated carbocycles. The van der Waals surface area contributed by atoms with Crippen LogP contribution in [0.3, 0.4) is 0 Å². The summed E-state index contributed by atoms with van der Waals surface area (Å²) >= 11 is 1.76. The number of nitrogens with one attached hydrogen (secondary N) is 1. The van der Waals surface area contributed by atoms with Gasteiger partial charge < -0.3 is 9.87 Å².